The summed E-state index contributed by atoms with van der Waals surface area (Å²) in [6.07, 6.45) is 22.3. The van der Waals surface area contributed by atoms with Gasteiger partial charge in [0.1, 0.15) is 0 Å². The van der Waals surface area contributed by atoms with Crippen molar-refractivity contribution in [3.8, 4) is 0 Å². The molecule has 0 bridgehead atoms. The van der Waals surface area contributed by atoms with Crippen LogP contribution in [0.3, 0.4) is 0 Å². The second-order valence-electron chi connectivity index (χ2n) is 8.98. The highest BCUT2D eigenvalue weighted by Crippen LogP contribution is 2.19. The van der Waals surface area contributed by atoms with E-state index in [9.17, 15) is 4.79 Å². The highest BCUT2D eigenvalue weighted by atomic mass is 28.4. The molecule has 3 heteroatoms. The maximum Gasteiger partial charge on any atom is 0.319 e. The summed E-state index contributed by atoms with van der Waals surface area (Å²) < 4.78 is 5.62. The summed E-state index contributed by atoms with van der Waals surface area (Å²) in [7, 11) is -1.85. The van der Waals surface area contributed by atoms with Gasteiger partial charge < -0.3 is 4.43 Å². The fourth-order valence-electron chi connectivity index (χ4n) is 3.49. The lowest BCUT2D eigenvalue weighted by Gasteiger charge is -2.22. The molecule has 0 amide bonds. The second kappa shape index (κ2) is 17.5. The van der Waals surface area contributed by atoms with Gasteiger partial charge in [-0.1, -0.05) is 116 Å². The fourth-order valence-corrected chi connectivity index (χ4v) is 5.37. The summed E-state index contributed by atoms with van der Waals surface area (Å²) in [4.78, 5) is 11.6. The van der Waals surface area contributed by atoms with E-state index in [1.807, 2.05) is 0 Å². The molecular formula is C24H48O2Si. The summed E-state index contributed by atoms with van der Waals surface area (Å²) in [5, 5.41) is 0. The van der Waals surface area contributed by atoms with Gasteiger partial charge in [-0.2, -0.15) is 0 Å². The highest BCUT2D eigenvalue weighted by molar-refractivity contribution is 6.72. The Morgan fingerprint density at radius 3 is 1.37 bits per heavy atom. The maximum absolute atomic E-state index is 11.6. The first kappa shape index (κ1) is 26.4. The van der Waals surface area contributed by atoms with Crippen LogP contribution in [0.2, 0.25) is 19.1 Å². The van der Waals surface area contributed by atoms with Crippen LogP contribution in [0, 0.1) is 0 Å². The van der Waals surface area contributed by atoms with E-state index in [0.717, 1.165) is 6.04 Å². The molecule has 0 atom stereocenters. The number of carbonyl (C=O) groups is 1. The third kappa shape index (κ3) is 18.6. The van der Waals surface area contributed by atoms with Crippen molar-refractivity contribution in [2.45, 2.75) is 136 Å². The Kier molecular flexibility index (Phi) is 17.1. The van der Waals surface area contributed by atoms with Crippen molar-refractivity contribution < 1.29 is 9.22 Å². The van der Waals surface area contributed by atoms with Crippen molar-refractivity contribution in [2.75, 3.05) is 0 Å². The van der Waals surface area contributed by atoms with Gasteiger partial charge in [-0.25, -0.2) is 4.79 Å². The summed E-state index contributed by atoms with van der Waals surface area (Å²) in [5.41, 5.74) is 0.516. The van der Waals surface area contributed by atoms with Crippen molar-refractivity contribution in [2.24, 2.45) is 0 Å². The molecule has 0 aromatic carbocycles. The van der Waals surface area contributed by atoms with Crippen LogP contribution in [0.1, 0.15) is 117 Å². The van der Waals surface area contributed by atoms with Crippen LogP contribution in [0.5, 0.6) is 0 Å². The van der Waals surface area contributed by atoms with Gasteiger partial charge in [0.2, 0.25) is 8.32 Å². The lowest BCUT2D eigenvalue weighted by Crippen LogP contribution is -2.33. The quantitative estimate of drug-likeness (QED) is 0.124. The third-order valence-corrected chi connectivity index (χ3v) is 7.65. The van der Waals surface area contributed by atoms with E-state index in [1.54, 1.807) is 6.92 Å². The molecule has 0 unspecified atom stereocenters. The van der Waals surface area contributed by atoms with Gasteiger partial charge in [0.15, 0.2) is 0 Å². The van der Waals surface area contributed by atoms with Crippen molar-refractivity contribution in [3.63, 3.8) is 0 Å². The predicted molar refractivity (Wildman–Crippen MR) is 123 cm³/mol. The van der Waals surface area contributed by atoms with Gasteiger partial charge in [-0.15, -0.1) is 0 Å². The van der Waals surface area contributed by atoms with Crippen molar-refractivity contribution in [3.05, 3.63) is 12.2 Å². The Morgan fingerprint density at radius 2 is 1.04 bits per heavy atom. The SMILES string of the molecule is C=C(C)C(=O)O[Si](C)(C)CCCCCCCCCCCCCCCCCC. The smallest absolute Gasteiger partial charge is 0.319 e. The first-order valence-corrected chi connectivity index (χ1v) is 14.9. The van der Waals surface area contributed by atoms with E-state index < -0.39 is 8.32 Å². The summed E-state index contributed by atoms with van der Waals surface area (Å²) in [6, 6.07) is 1.07. The van der Waals surface area contributed by atoms with E-state index in [0.29, 0.717) is 5.57 Å². The van der Waals surface area contributed by atoms with Gasteiger partial charge >= 0.3 is 5.97 Å². The molecule has 2 nitrogen and oxygen atoms in total. The molecule has 0 aromatic heterocycles. The molecule has 0 aliphatic rings. The molecule has 0 saturated heterocycles. The number of hydrogen-bond donors (Lipinski definition) is 0. The summed E-state index contributed by atoms with van der Waals surface area (Å²) in [5.74, 6) is -0.205. The van der Waals surface area contributed by atoms with Crippen LogP contribution in [-0.2, 0) is 9.22 Å². The van der Waals surface area contributed by atoms with Gasteiger partial charge in [-0.3, -0.25) is 0 Å². The van der Waals surface area contributed by atoms with Gasteiger partial charge in [0.05, 0.1) is 0 Å². The molecule has 0 heterocycles. The van der Waals surface area contributed by atoms with Crippen molar-refractivity contribution >= 4 is 14.3 Å². The molecule has 160 valence electrons. The standard InChI is InChI=1S/C24H48O2Si/c1-6-7-8-9-10-11-12-13-14-15-16-17-18-19-20-21-22-27(4,5)26-24(25)23(2)3/h2,6-22H2,1,3-5H3. The molecule has 0 rings (SSSR count). The fraction of sp³-hybridized carbons (Fsp3) is 0.875. The Morgan fingerprint density at radius 1 is 0.704 bits per heavy atom. The molecule has 0 aromatic rings. The lowest BCUT2D eigenvalue weighted by atomic mass is 10.0. The largest absolute Gasteiger partial charge is 0.516 e. The van der Waals surface area contributed by atoms with Crippen molar-refractivity contribution in [1.29, 1.82) is 0 Å². The van der Waals surface area contributed by atoms with E-state index in [4.69, 9.17) is 4.43 Å². The third-order valence-electron chi connectivity index (χ3n) is 5.35. The van der Waals surface area contributed by atoms with Crippen LogP contribution < -0.4 is 0 Å². The van der Waals surface area contributed by atoms with Gasteiger partial charge in [0, 0.05) is 5.57 Å². The Hall–Kier alpha value is -0.573. The van der Waals surface area contributed by atoms with E-state index >= 15 is 0 Å². The topological polar surface area (TPSA) is 26.3 Å². The maximum atomic E-state index is 11.6. The monoisotopic (exact) mass is 396 g/mol. The molecule has 27 heavy (non-hydrogen) atoms. The lowest BCUT2D eigenvalue weighted by molar-refractivity contribution is -0.130. The van der Waals surface area contributed by atoms with Crippen LogP contribution in [0.4, 0.5) is 0 Å². The molecule has 0 spiro atoms. The van der Waals surface area contributed by atoms with Crippen LogP contribution in [0.25, 0.3) is 0 Å². The first-order valence-electron chi connectivity index (χ1n) is 11.8. The first-order chi connectivity index (χ1) is 12.9. The van der Waals surface area contributed by atoms with Crippen LogP contribution >= 0.6 is 0 Å². The average molecular weight is 397 g/mol. The highest BCUT2D eigenvalue weighted by Gasteiger charge is 2.26. The van der Waals surface area contributed by atoms with E-state index in [1.165, 1.54) is 103 Å². The Bertz CT molecular complexity index is 377. The number of hydrogen-bond acceptors (Lipinski definition) is 2. The van der Waals surface area contributed by atoms with E-state index in [2.05, 4.69) is 26.6 Å². The average Bonchev–Trinajstić information content (AvgIpc) is 2.60. The Labute approximate surface area is 171 Å². The van der Waals surface area contributed by atoms with Gasteiger partial charge in [-0.05, 0) is 26.1 Å². The minimum absolute atomic E-state index is 0.205. The normalized spacial score (nSPS) is 11.6. The number of carbonyl (C=O) groups excluding carboxylic acids is 1. The zero-order valence-electron chi connectivity index (χ0n) is 19.0. The van der Waals surface area contributed by atoms with Crippen molar-refractivity contribution in [1.82, 2.24) is 0 Å². The number of rotatable bonds is 19. The summed E-state index contributed by atoms with van der Waals surface area (Å²) in [6.45, 7) is 12.0. The van der Waals surface area contributed by atoms with Crippen LogP contribution in [0.15, 0.2) is 12.2 Å². The molecular weight excluding hydrogens is 348 g/mol. The van der Waals surface area contributed by atoms with E-state index in [-0.39, 0.29) is 5.97 Å². The number of unbranched alkanes of at least 4 members (excludes halogenated alkanes) is 15. The molecule has 0 saturated carbocycles. The summed E-state index contributed by atoms with van der Waals surface area (Å²) >= 11 is 0. The van der Waals surface area contributed by atoms with Gasteiger partial charge in [0.25, 0.3) is 0 Å². The second-order valence-corrected chi connectivity index (χ2v) is 13.2. The predicted octanol–water partition coefficient (Wildman–Crippen LogP) is 8.57. The zero-order chi connectivity index (χ0) is 20.4. The molecule has 0 radical (unpaired) electrons. The minimum Gasteiger partial charge on any atom is -0.516 e. The Balaban J connectivity index is 3.31. The van der Waals surface area contributed by atoms with Crippen LogP contribution in [-0.4, -0.2) is 14.3 Å². The minimum atomic E-state index is -1.85. The molecule has 0 fully saturated rings. The molecule has 0 N–H and O–H groups in total. The molecule has 0 aliphatic heterocycles. The zero-order valence-corrected chi connectivity index (χ0v) is 20.0. The molecule has 0 aliphatic carbocycles.